The van der Waals surface area contributed by atoms with Crippen molar-refractivity contribution < 1.29 is 17.6 Å². The van der Waals surface area contributed by atoms with E-state index in [0.717, 1.165) is 6.42 Å². The number of nitrogens with zero attached hydrogens (tertiary/aromatic N) is 2. The van der Waals surface area contributed by atoms with Crippen molar-refractivity contribution >= 4 is 16.8 Å². The standard InChI is InChI=1S/C12H11F3N2O/c13-12(14,15)17-4-2-1-3-8-5-9-11(6-10(8)17)18-7-16-9/h5-7H,1-4H2. The van der Waals surface area contributed by atoms with Gasteiger partial charge in [0.15, 0.2) is 12.0 Å². The molecule has 0 saturated heterocycles. The van der Waals surface area contributed by atoms with Gasteiger partial charge in [0.25, 0.3) is 0 Å². The van der Waals surface area contributed by atoms with E-state index in [2.05, 4.69) is 4.98 Å². The molecule has 0 unspecified atom stereocenters. The maximum atomic E-state index is 13.0. The van der Waals surface area contributed by atoms with Gasteiger partial charge in [0.2, 0.25) is 0 Å². The maximum absolute atomic E-state index is 13.0. The number of anilines is 1. The molecule has 0 radical (unpaired) electrons. The molecule has 3 nitrogen and oxygen atoms in total. The van der Waals surface area contributed by atoms with Crippen molar-refractivity contribution in [3.8, 4) is 0 Å². The van der Waals surface area contributed by atoms with Crippen molar-refractivity contribution in [2.45, 2.75) is 25.6 Å². The lowest BCUT2D eigenvalue weighted by Crippen LogP contribution is -2.38. The summed E-state index contributed by atoms with van der Waals surface area (Å²) in [5.41, 5.74) is 1.89. The molecule has 0 aliphatic carbocycles. The Kier molecular flexibility index (Phi) is 2.46. The van der Waals surface area contributed by atoms with E-state index in [1.165, 1.54) is 12.5 Å². The third kappa shape index (κ3) is 1.81. The Morgan fingerprint density at radius 3 is 2.83 bits per heavy atom. The van der Waals surface area contributed by atoms with Gasteiger partial charge in [-0.05, 0) is 30.9 Å². The maximum Gasteiger partial charge on any atom is 0.484 e. The summed E-state index contributed by atoms with van der Waals surface area (Å²) in [6.07, 6.45) is -1.18. The van der Waals surface area contributed by atoms with Crippen molar-refractivity contribution in [1.82, 2.24) is 4.98 Å². The lowest BCUT2D eigenvalue weighted by molar-refractivity contribution is -0.129. The lowest BCUT2D eigenvalue weighted by Gasteiger charge is -2.26. The fraction of sp³-hybridized carbons (Fsp3) is 0.417. The molecule has 0 bridgehead atoms. The Morgan fingerprint density at radius 2 is 2.06 bits per heavy atom. The third-order valence-corrected chi connectivity index (χ3v) is 3.21. The molecule has 6 heteroatoms. The van der Waals surface area contributed by atoms with E-state index in [1.54, 1.807) is 6.07 Å². The van der Waals surface area contributed by atoms with Crippen LogP contribution in [0.5, 0.6) is 0 Å². The van der Waals surface area contributed by atoms with Crippen LogP contribution in [0.2, 0.25) is 0 Å². The van der Waals surface area contributed by atoms with E-state index in [0.29, 0.717) is 34.4 Å². The van der Waals surface area contributed by atoms with Gasteiger partial charge in [-0.2, -0.15) is 13.2 Å². The Labute approximate surface area is 101 Å². The summed E-state index contributed by atoms with van der Waals surface area (Å²) in [6.45, 7) is -0.00383. The minimum absolute atomic E-state index is 0.00383. The second kappa shape index (κ2) is 3.90. The van der Waals surface area contributed by atoms with E-state index in [9.17, 15) is 13.2 Å². The van der Waals surface area contributed by atoms with Gasteiger partial charge < -0.3 is 4.42 Å². The molecule has 18 heavy (non-hydrogen) atoms. The fourth-order valence-electron chi connectivity index (χ4n) is 2.36. The fourth-order valence-corrected chi connectivity index (χ4v) is 2.36. The van der Waals surface area contributed by atoms with Crippen molar-refractivity contribution in [2.75, 3.05) is 11.4 Å². The number of hydrogen-bond acceptors (Lipinski definition) is 3. The second-order valence-corrected chi connectivity index (χ2v) is 4.38. The molecule has 96 valence electrons. The lowest BCUT2D eigenvalue weighted by atomic mass is 10.1. The third-order valence-electron chi connectivity index (χ3n) is 3.21. The normalized spacial score (nSPS) is 16.7. The minimum Gasteiger partial charge on any atom is -0.443 e. The molecule has 0 amide bonds. The number of halogens is 3. The highest BCUT2D eigenvalue weighted by molar-refractivity contribution is 5.80. The molecule has 1 aliphatic heterocycles. The van der Waals surface area contributed by atoms with Crippen LogP contribution in [0.3, 0.4) is 0 Å². The molecular formula is C12H11F3N2O. The first-order chi connectivity index (χ1) is 8.55. The molecule has 0 spiro atoms. The highest BCUT2D eigenvalue weighted by atomic mass is 19.4. The van der Waals surface area contributed by atoms with Crippen molar-refractivity contribution in [1.29, 1.82) is 0 Å². The highest BCUT2D eigenvalue weighted by Gasteiger charge is 2.39. The summed E-state index contributed by atoms with van der Waals surface area (Å²) in [6, 6.07) is 3.13. The zero-order valence-electron chi connectivity index (χ0n) is 9.50. The quantitative estimate of drug-likeness (QED) is 0.676. The number of fused-ring (bicyclic) bond motifs is 2. The molecule has 0 saturated carbocycles. The van der Waals surface area contributed by atoms with Crippen molar-refractivity contribution in [3.05, 3.63) is 24.1 Å². The Bertz CT molecular complexity index is 576. The van der Waals surface area contributed by atoms with Crippen LogP contribution in [0.15, 0.2) is 22.9 Å². The van der Waals surface area contributed by atoms with E-state index >= 15 is 0 Å². The van der Waals surface area contributed by atoms with Crippen LogP contribution in [0.25, 0.3) is 11.1 Å². The minimum atomic E-state index is -4.35. The molecule has 2 aromatic rings. The Balaban J connectivity index is 2.18. The molecule has 1 aromatic carbocycles. The number of benzene rings is 1. The van der Waals surface area contributed by atoms with Gasteiger partial charge in [0, 0.05) is 12.6 Å². The van der Waals surface area contributed by atoms with Crippen LogP contribution >= 0.6 is 0 Å². The second-order valence-electron chi connectivity index (χ2n) is 4.38. The van der Waals surface area contributed by atoms with Gasteiger partial charge in [-0.15, -0.1) is 0 Å². The molecule has 1 aliphatic rings. The number of oxazole rings is 1. The predicted octanol–water partition coefficient (Wildman–Crippen LogP) is 3.49. The average molecular weight is 256 g/mol. The van der Waals surface area contributed by atoms with E-state index in [1.807, 2.05) is 0 Å². The average Bonchev–Trinajstić information content (AvgIpc) is 2.62. The van der Waals surface area contributed by atoms with Crippen LogP contribution in [-0.4, -0.2) is 17.8 Å². The molecular weight excluding hydrogens is 245 g/mol. The summed E-state index contributed by atoms with van der Waals surface area (Å²) in [4.78, 5) is 4.48. The zero-order chi connectivity index (χ0) is 12.8. The number of aryl methyl sites for hydroxylation is 1. The van der Waals surface area contributed by atoms with Gasteiger partial charge in [0.05, 0.1) is 5.69 Å². The van der Waals surface area contributed by atoms with Crippen LogP contribution < -0.4 is 4.90 Å². The molecule has 1 aromatic heterocycles. The van der Waals surface area contributed by atoms with Crippen LogP contribution in [0.1, 0.15) is 18.4 Å². The van der Waals surface area contributed by atoms with Crippen LogP contribution in [0.4, 0.5) is 18.9 Å². The van der Waals surface area contributed by atoms with Crippen LogP contribution in [-0.2, 0) is 6.42 Å². The summed E-state index contributed by atoms with van der Waals surface area (Å²) in [5.74, 6) is 0. The van der Waals surface area contributed by atoms with Gasteiger partial charge in [-0.1, -0.05) is 0 Å². The monoisotopic (exact) mass is 256 g/mol. The summed E-state index contributed by atoms with van der Waals surface area (Å²) in [5, 5.41) is 0. The van der Waals surface area contributed by atoms with Gasteiger partial charge in [0.1, 0.15) is 5.52 Å². The van der Waals surface area contributed by atoms with E-state index in [4.69, 9.17) is 4.42 Å². The van der Waals surface area contributed by atoms with E-state index < -0.39 is 6.30 Å². The summed E-state index contributed by atoms with van der Waals surface area (Å²) < 4.78 is 44.1. The number of hydrogen-bond donors (Lipinski definition) is 0. The Hall–Kier alpha value is -1.72. The summed E-state index contributed by atoms with van der Waals surface area (Å²) in [7, 11) is 0. The topological polar surface area (TPSA) is 29.3 Å². The molecule has 2 heterocycles. The molecule has 0 N–H and O–H groups in total. The molecule has 0 atom stereocenters. The van der Waals surface area contributed by atoms with Gasteiger partial charge in [-0.25, -0.2) is 4.98 Å². The van der Waals surface area contributed by atoms with Crippen LogP contribution in [0, 0.1) is 0 Å². The first-order valence-electron chi connectivity index (χ1n) is 5.76. The highest BCUT2D eigenvalue weighted by Crippen LogP contribution is 2.36. The smallest absolute Gasteiger partial charge is 0.443 e. The first-order valence-corrected chi connectivity index (χ1v) is 5.76. The van der Waals surface area contributed by atoms with E-state index in [-0.39, 0.29) is 12.2 Å². The molecule has 3 rings (SSSR count). The van der Waals surface area contributed by atoms with Gasteiger partial charge >= 0.3 is 6.30 Å². The first kappa shape index (κ1) is 11.4. The SMILES string of the molecule is FC(F)(F)N1CCCCc2cc3ncoc3cc21. The predicted molar refractivity (Wildman–Crippen MR) is 60.3 cm³/mol. The number of rotatable bonds is 0. The summed E-state index contributed by atoms with van der Waals surface area (Å²) >= 11 is 0. The number of aromatic nitrogens is 1. The van der Waals surface area contributed by atoms with Crippen molar-refractivity contribution in [2.24, 2.45) is 0 Å². The zero-order valence-corrected chi connectivity index (χ0v) is 9.50. The molecule has 0 fully saturated rings. The van der Waals surface area contributed by atoms with Crippen molar-refractivity contribution in [3.63, 3.8) is 0 Å². The largest absolute Gasteiger partial charge is 0.484 e. The number of alkyl halides is 3. The van der Waals surface area contributed by atoms with Gasteiger partial charge in [-0.3, -0.25) is 4.90 Å². The Morgan fingerprint density at radius 1 is 1.22 bits per heavy atom.